The number of ether oxygens (including phenoxy) is 5. The number of carbonyl (C=O) groups is 4. The maximum absolute atomic E-state index is 13.8. The van der Waals surface area contributed by atoms with Crippen molar-refractivity contribution in [2.75, 3.05) is 52.9 Å². The molecule has 2 atom stereocenters. The quantitative estimate of drug-likeness (QED) is 0.00955. The number of aromatic nitrogens is 4. The molecule has 7 rings (SSSR count). The summed E-state index contributed by atoms with van der Waals surface area (Å²) in [6, 6.07) is 8.12. The van der Waals surface area contributed by atoms with Gasteiger partial charge in [-0.3, -0.25) is 17.4 Å². The van der Waals surface area contributed by atoms with E-state index >= 15 is 0 Å². The fraction of sp³-hybridized carbons (Fsp3) is 0.492. The van der Waals surface area contributed by atoms with Gasteiger partial charge in [0.2, 0.25) is 0 Å². The first-order valence-corrected chi connectivity index (χ1v) is 31.8. The lowest BCUT2D eigenvalue weighted by molar-refractivity contribution is -0.305. The zero-order chi connectivity index (χ0) is 64.1. The Morgan fingerprint density at radius 2 is 0.682 bits per heavy atom. The number of hydrogen-bond acceptors (Lipinski definition) is 19. The van der Waals surface area contributed by atoms with Crippen LogP contribution in [0, 0.1) is 0 Å². The van der Waals surface area contributed by atoms with Gasteiger partial charge in [0.25, 0.3) is 0 Å². The van der Waals surface area contributed by atoms with Gasteiger partial charge >= 0.3 is 40.8 Å². The summed E-state index contributed by atoms with van der Waals surface area (Å²) in [6.45, 7) is 32.0. The molecule has 0 saturated heterocycles. The van der Waals surface area contributed by atoms with E-state index in [0.717, 1.165) is 22.3 Å². The van der Waals surface area contributed by atoms with Gasteiger partial charge in [-0.25, -0.2) is 58.3 Å². The van der Waals surface area contributed by atoms with E-state index in [-0.39, 0.29) is 94.1 Å². The van der Waals surface area contributed by atoms with E-state index in [1.165, 1.54) is 12.4 Å². The van der Waals surface area contributed by atoms with Gasteiger partial charge in [0.1, 0.15) is 26.4 Å². The van der Waals surface area contributed by atoms with Crippen molar-refractivity contribution >= 4 is 40.8 Å². The molecular weight excluding hydrogens is 1180 g/mol. The van der Waals surface area contributed by atoms with Crippen molar-refractivity contribution in [3.05, 3.63) is 141 Å². The molecule has 0 bridgehead atoms. The molecule has 0 fully saturated rings. The second kappa shape index (κ2) is 30.7. The van der Waals surface area contributed by atoms with Crippen LogP contribution in [0.1, 0.15) is 197 Å². The van der Waals surface area contributed by atoms with Crippen molar-refractivity contribution in [3.8, 4) is 23.0 Å². The van der Waals surface area contributed by atoms with Crippen LogP contribution >= 0.6 is 16.9 Å². The lowest BCUT2D eigenvalue weighted by Gasteiger charge is -2.39. The number of esters is 4. The largest absolute Gasteiger partial charge is 0.462 e. The number of nitrogens with zero attached hydrogens (tertiary/aromatic N) is 4. The molecule has 2 unspecified atom stereocenters. The zero-order valence-electron chi connectivity index (χ0n) is 53.4. The Morgan fingerprint density at radius 1 is 0.398 bits per heavy atom. The van der Waals surface area contributed by atoms with Crippen LogP contribution in [-0.2, 0) is 101 Å². The van der Waals surface area contributed by atoms with Gasteiger partial charge in [-0.2, -0.15) is 0 Å². The predicted octanol–water partition coefficient (Wildman–Crippen LogP) is 13.9. The third-order valence-electron chi connectivity index (χ3n) is 13.8. The summed E-state index contributed by atoms with van der Waals surface area (Å²) in [5.41, 5.74) is 4.09. The van der Waals surface area contributed by atoms with Crippen LogP contribution in [0.15, 0.2) is 73.8 Å². The van der Waals surface area contributed by atoms with Crippen molar-refractivity contribution in [2.24, 2.45) is 0 Å². The summed E-state index contributed by atoms with van der Waals surface area (Å²) in [4.78, 5) is 98.8. The SMILES string of the molecule is CCOOCc1cn(P(Oc2cc(C(C)(C)C)cc3c2Oc2c(OP(n4cc(COOCC)c(C(=O)OCC)c4)n4cc(C(=O)OCC)c(C(=O)OCC)c4)cc(C(C)(C)C)cc2C3(C)C)n2cc(COOCC)c(C(=O)OCC)c2)cc1COOCC. The van der Waals surface area contributed by atoms with Crippen LogP contribution in [0.2, 0.25) is 0 Å². The Bertz CT molecular complexity index is 3300. The fourth-order valence-corrected chi connectivity index (χ4v) is 12.6. The van der Waals surface area contributed by atoms with Crippen molar-refractivity contribution in [1.29, 1.82) is 0 Å². The highest BCUT2D eigenvalue weighted by Gasteiger charge is 2.42. The molecule has 25 heteroatoms. The average Bonchev–Trinajstić information content (AvgIpc) is 1.70. The molecule has 0 spiro atoms. The molecule has 0 aliphatic carbocycles. The molecule has 5 heterocycles. The Labute approximate surface area is 517 Å². The van der Waals surface area contributed by atoms with Gasteiger partial charge in [-0.1, -0.05) is 67.5 Å². The van der Waals surface area contributed by atoms with Crippen molar-refractivity contribution < 1.29 is 91.0 Å². The highest BCUT2D eigenvalue weighted by Crippen LogP contribution is 2.60. The molecule has 4 aromatic heterocycles. The summed E-state index contributed by atoms with van der Waals surface area (Å²) < 4.78 is 51.3. The number of fused-ring (bicyclic) bond motifs is 2. The van der Waals surface area contributed by atoms with Crippen molar-refractivity contribution in [1.82, 2.24) is 17.4 Å². The lowest BCUT2D eigenvalue weighted by atomic mass is 9.72. The minimum absolute atomic E-state index is 0.0251. The number of benzene rings is 2. The molecule has 480 valence electrons. The van der Waals surface area contributed by atoms with Crippen LogP contribution < -0.4 is 13.8 Å². The molecule has 0 radical (unpaired) electrons. The topological polar surface area (TPSA) is 226 Å². The van der Waals surface area contributed by atoms with Gasteiger partial charge in [0, 0.05) is 88.4 Å². The summed E-state index contributed by atoms with van der Waals surface area (Å²) in [7, 11) is -4.44. The van der Waals surface area contributed by atoms with Crippen LogP contribution in [0.4, 0.5) is 0 Å². The van der Waals surface area contributed by atoms with Gasteiger partial charge in [0.15, 0.2) is 23.0 Å². The third kappa shape index (κ3) is 16.2. The fourth-order valence-electron chi connectivity index (χ4n) is 9.29. The van der Waals surface area contributed by atoms with Gasteiger partial charge in [-0.05, 0) is 89.5 Å². The summed E-state index contributed by atoms with van der Waals surface area (Å²) >= 11 is 0. The van der Waals surface area contributed by atoms with Crippen LogP contribution in [0.3, 0.4) is 0 Å². The van der Waals surface area contributed by atoms with Gasteiger partial charge in [-0.15, -0.1) is 0 Å². The highest BCUT2D eigenvalue weighted by atomic mass is 31.2. The molecule has 2 aromatic carbocycles. The second-order valence-corrected chi connectivity index (χ2v) is 25.7. The average molecular weight is 1260 g/mol. The molecule has 88 heavy (non-hydrogen) atoms. The number of rotatable bonds is 32. The molecule has 1 aliphatic rings. The van der Waals surface area contributed by atoms with E-state index in [4.69, 9.17) is 71.8 Å². The smallest absolute Gasteiger partial charge is 0.340 e. The number of hydrogen-bond donors (Lipinski definition) is 0. The summed E-state index contributed by atoms with van der Waals surface area (Å²) in [6.07, 6.45) is 13.3. The molecule has 0 amide bonds. The minimum atomic E-state index is -2.33. The van der Waals surface area contributed by atoms with E-state index < -0.39 is 57.0 Å². The molecule has 6 aromatic rings. The minimum Gasteiger partial charge on any atom is -0.462 e. The molecule has 1 aliphatic heterocycles. The first-order valence-electron chi connectivity index (χ1n) is 29.5. The Kier molecular flexibility index (Phi) is 24.0. The van der Waals surface area contributed by atoms with E-state index in [2.05, 4.69) is 67.5 Å². The van der Waals surface area contributed by atoms with Crippen LogP contribution in [-0.4, -0.2) is 94.1 Å². The van der Waals surface area contributed by atoms with Crippen LogP contribution in [0.5, 0.6) is 23.0 Å². The first kappa shape index (κ1) is 68.9. The Hall–Kier alpha value is -6.62. The van der Waals surface area contributed by atoms with Crippen molar-refractivity contribution in [2.45, 2.75) is 153 Å². The molecule has 0 saturated carbocycles. The lowest BCUT2D eigenvalue weighted by Crippen LogP contribution is -2.27. The Morgan fingerprint density at radius 3 is 1.00 bits per heavy atom. The van der Waals surface area contributed by atoms with Gasteiger partial charge < -0.3 is 32.7 Å². The third-order valence-corrected chi connectivity index (χ3v) is 17.0. The molecule has 23 nitrogen and oxygen atoms in total. The standard InChI is InChI=1S/C63H84N4O19P2/c1-17-72-57(68)47-33-65(31-43(47)39-82-78-23-7)87(64-29-41(37-80-76-21-5)42(30-64)38-81-77-22-6)85-53-27-45(61(9,10)11)25-51-55(53)84-56-52(63(51,15)16)26-46(62(12,13)14)28-54(56)86-88(66-32-44(40-83-79-24-8)48(34-66)58(69)73-18-2)67-35-49(59(70)74-19-3)50(36-67)60(71)75-20-4/h25-36H,17-24,37-40H2,1-16H3. The summed E-state index contributed by atoms with van der Waals surface area (Å²) in [5, 5.41) is 0. The normalized spacial score (nSPS) is 13.5. The first-order chi connectivity index (χ1) is 42.0. The van der Waals surface area contributed by atoms with E-state index in [0.29, 0.717) is 52.7 Å². The maximum atomic E-state index is 13.8. The Balaban J connectivity index is 1.51. The predicted molar refractivity (Wildman–Crippen MR) is 326 cm³/mol. The van der Waals surface area contributed by atoms with Gasteiger partial charge in [0.05, 0.1) is 75.1 Å². The summed E-state index contributed by atoms with van der Waals surface area (Å²) in [5.74, 6) is -1.47. The highest BCUT2D eigenvalue weighted by molar-refractivity contribution is 7.50. The monoisotopic (exact) mass is 1260 g/mol. The number of carbonyl (C=O) groups excluding carboxylic acids is 4. The maximum Gasteiger partial charge on any atom is 0.340 e. The molecular formula is C63H84N4O19P2. The van der Waals surface area contributed by atoms with Crippen molar-refractivity contribution in [3.63, 3.8) is 0 Å². The van der Waals surface area contributed by atoms with E-state index in [1.807, 2.05) is 42.7 Å². The zero-order valence-corrected chi connectivity index (χ0v) is 55.1. The van der Waals surface area contributed by atoms with E-state index in [9.17, 15) is 19.2 Å². The second-order valence-electron chi connectivity index (χ2n) is 22.5. The molecule has 0 N–H and O–H groups in total. The van der Waals surface area contributed by atoms with E-state index in [1.54, 1.807) is 79.3 Å². The van der Waals surface area contributed by atoms with Crippen LogP contribution in [0.25, 0.3) is 0 Å².